The number of benzene rings is 2. The Hall–Kier alpha value is -2.88. The van der Waals surface area contributed by atoms with E-state index in [9.17, 15) is 9.90 Å². The summed E-state index contributed by atoms with van der Waals surface area (Å²) in [5, 5.41) is 16.2. The molecule has 0 fully saturated rings. The van der Waals surface area contributed by atoms with Gasteiger partial charge in [-0.1, -0.05) is 60.7 Å². The van der Waals surface area contributed by atoms with Crippen molar-refractivity contribution in [2.24, 2.45) is 0 Å². The van der Waals surface area contributed by atoms with E-state index in [0.717, 1.165) is 16.8 Å². The van der Waals surface area contributed by atoms with Crippen LogP contribution in [0.4, 0.5) is 0 Å². The molecule has 0 bridgehead atoms. The number of nitrogens with zero attached hydrogens (tertiary/aromatic N) is 1. The molecule has 0 atom stereocenters. The lowest BCUT2D eigenvalue weighted by molar-refractivity contribution is 0.0691. The van der Waals surface area contributed by atoms with Gasteiger partial charge in [-0.25, -0.2) is 4.79 Å². The molecular weight excluding hydrogens is 264 g/mol. The molecule has 104 valence electrons. The van der Waals surface area contributed by atoms with E-state index >= 15 is 0 Å². The Bertz CT molecular complexity index is 749. The second-order valence-corrected chi connectivity index (χ2v) is 4.76. The largest absolute Gasteiger partial charge is 0.476 e. The summed E-state index contributed by atoms with van der Waals surface area (Å²) in [6, 6.07) is 19.4. The van der Waals surface area contributed by atoms with Crippen LogP contribution in [0.3, 0.4) is 0 Å². The first-order chi connectivity index (χ1) is 10.3. The molecule has 1 aromatic heterocycles. The molecule has 3 aromatic rings. The Kier molecular flexibility index (Phi) is 3.51. The van der Waals surface area contributed by atoms with E-state index in [2.05, 4.69) is 10.2 Å². The zero-order valence-corrected chi connectivity index (χ0v) is 11.3. The molecule has 21 heavy (non-hydrogen) atoms. The summed E-state index contributed by atoms with van der Waals surface area (Å²) in [6.45, 7) is 0. The lowest BCUT2D eigenvalue weighted by Gasteiger charge is -2.05. The lowest BCUT2D eigenvalue weighted by atomic mass is 9.99. The smallest absolute Gasteiger partial charge is 0.357 e. The van der Waals surface area contributed by atoms with Gasteiger partial charge in [0.25, 0.3) is 0 Å². The van der Waals surface area contributed by atoms with E-state index in [-0.39, 0.29) is 5.69 Å². The van der Waals surface area contributed by atoms with Gasteiger partial charge in [-0.15, -0.1) is 0 Å². The fourth-order valence-corrected chi connectivity index (χ4v) is 2.38. The number of aromatic amines is 1. The Morgan fingerprint density at radius 3 is 2.24 bits per heavy atom. The summed E-state index contributed by atoms with van der Waals surface area (Å²) in [4.78, 5) is 11.4. The Morgan fingerprint density at radius 1 is 1.00 bits per heavy atom. The van der Waals surface area contributed by atoms with Gasteiger partial charge in [-0.05, 0) is 11.1 Å². The quantitative estimate of drug-likeness (QED) is 0.769. The van der Waals surface area contributed by atoms with Crippen molar-refractivity contribution in [3.63, 3.8) is 0 Å². The van der Waals surface area contributed by atoms with Crippen molar-refractivity contribution in [2.45, 2.75) is 6.42 Å². The average molecular weight is 278 g/mol. The van der Waals surface area contributed by atoms with Gasteiger partial charge < -0.3 is 5.11 Å². The predicted octanol–water partition coefficient (Wildman–Crippen LogP) is 3.37. The van der Waals surface area contributed by atoms with Crippen molar-refractivity contribution >= 4 is 5.97 Å². The number of carboxylic acids is 1. The number of carbonyl (C=O) groups is 1. The highest BCUT2D eigenvalue weighted by Gasteiger charge is 2.20. The van der Waals surface area contributed by atoms with Crippen LogP contribution in [0.5, 0.6) is 0 Å². The Balaban J connectivity index is 2.07. The Morgan fingerprint density at radius 2 is 1.62 bits per heavy atom. The highest BCUT2D eigenvalue weighted by molar-refractivity contribution is 5.94. The summed E-state index contributed by atoms with van der Waals surface area (Å²) in [7, 11) is 0. The molecule has 0 radical (unpaired) electrons. The molecule has 0 saturated carbocycles. The predicted molar refractivity (Wildman–Crippen MR) is 80.2 cm³/mol. The van der Waals surface area contributed by atoms with Crippen molar-refractivity contribution in [2.75, 3.05) is 0 Å². The van der Waals surface area contributed by atoms with E-state index in [1.165, 1.54) is 0 Å². The number of hydrogen-bond acceptors (Lipinski definition) is 2. The third kappa shape index (κ3) is 2.69. The minimum absolute atomic E-state index is 0.0622. The molecule has 0 saturated heterocycles. The number of rotatable bonds is 4. The van der Waals surface area contributed by atoms with Crippen LogP contribution >= 0.6 is 0 Å². The first-order valence-corrected chi connectivity index (χ1v) is 6.65. The minimum atomic E-state index is -1.02. The van der Waals surface area contributed by atoms with Gasteiger partial charge in [0.1, 0.15) is 0 Å². The zero-order valence-electron chi connectivity index (χ0n) is 11.3. The summed E-state index contributed by atoms with van der Waals surface area (Å²) < 4.78 is 0. The van der Waals surface area contributed by atoms with E-state index in [0.29, 0.717) is 12.0 Å². The molecule has 3 rings (SSSR count). The fraction of sp³-hybridized carbons (Fsp3) is 0.0588. The summed E-state index contributed by atoms with van der Waals surface area (Å²) in [6.07, 6.45) is 0.616. The standard InChI is InChI=1S/C17H14N2O2/c20-17(21)16-15(13-9-5-2-6-10-13)14(18-19-16)11-12-7-3-1-4-8-12/h1-10H,11H2,(H,18,19)(H,20,21). The highest BCUT2D eigenvalue weighted by atomic mass is 16.4. The average Bonchev–Trinajstić information content (AvgIpc) is 2.93. The van der Waals surface area contributed by atoms with Crippen LogP contribution in [-0.2, 0) is 6.42 Å². The molecule has 4 nitrogen and oxygen atoms in total. The maximum absolute atomic E-state index is 11.4. The number of hydrogen-bond donors (Lipinski definition) is 2. The molecule has 1 heterocycles. The number of H-pyrrole nitrogens is 1. The lowest BCUT2D eigenvalue weighted by Crippen LogP contribution is -1.99. The van der Waals surface area contributed by atoms with Crippen LogP contribution in [0.2, 0.25) is 0 Å². The van der Waals surface area contributed by atoms with Gasteiger partial charge >= 0.3 is 5.97 Å². The van der Waals surface area contributed by atoms with Gasteiger partial charge in [0.15, 0.2) is 5.69 Å². The minimum Gasteiger partial charge on any atom is -0.476 e. The fourth-order valence-electron chi connectivity index (χ4n) is 2.38. The summed E-state index contributed by atoms with van der Waals surface area (Å²) in [5.41, 5.74) is 3.49. The number of aromatic carboxylic acids is 1. The molecule has 2 N–H and O–H groups in total. The molecule has 0 amide bonds. The van der Waals surface area contributed by atoms with Crippen molar-refractivity contribution in [1.82, 2.24) is 10.2 Å². The maximum atomic E-state index is 11.4. The molecular formula is C17H14N2O2. The van der Waals surface area contributed by atoms with Gasteiger partial charge in [0, 0.05) is 17.7 Å². The number of aromatic nitrogens is 2. The third-order valence-corrected chi connectivity index (χ3v) is 3.33. The Labute approximate surface area is 122 Å². The van der Waals surface area contributed by atoms with Crippen LogP contribution in [-0.4, -0.2) is 21.3 Å². The maximum Gasteiger partial charge on any atom is 0.357 e. The van der Waals surface area contributed by atoms with Gasteiger partial charge in [-0.2, -0.15) is 5.10 Å². The second kappa shape index (κ2) is 5.63. The summed E-state index contributed by atoms with van der Waals surface area (Å²) in [5.74, 6) is -1.02. The van der Waals surface area contributed by atoms with E-state index in [1.54, 1.807) is 0 Å². The number of carboxylic acid groups (broad SMARTS) is 1. The van der Waals surface area contributed by atoms with E-state index in [4.69, 9.17) is 0 Å². The van der Waals surface area contributed by atoms with E-state index in [1.807, 2.05) is 60.7 Å². The zero-order chi connectivity index (χ0) is 14.7. The van der Waals surface area contributed by atoms with Gasteiger partial charge in [0.2, 0.25) is 0 Å². The van der Waals surface area contributed by atoms with Crippen molar-refractivity contribution in [3.8, 4) is 11.1 Å². The summed E-state index contributed by atoms with van der Waals surface area (Å²) >= 11 is 0. The molecule has 0 aliphatic rings. The molecule has 2 aromatic carbocycles. The topological polar surface area (TPSA) is 66.0 Å². The molecule has 0 aliphatic heterocycles. The third-order valence-electron chi connectivity index (χ3n) is 3.33. The second-order valence-electron chi connectivity index (χ2n) is 4.76. The van der Waals surface area contributed by atoms with Crippen molar-refractivity contribution in [3.05, 3.63) is 77.6 Å². The first-order valence-electron chi connectivity index (χ1n) is 6.65. The van der Waals surface area contributed by atoms with Gasteiger partial charge in [-0.3, -0.25) is 5.10 Å². The molecule has 0 spiro atoms. The van der Waals surface area contributed by atoms with Crippen LogP contribution in [0, 0.1) is 0 Å². The highest BCUT2D eigenvalue weighted by Crippen LogP contribution is 2.27. The first kappa shape index (κ1) is 13.1. The van der Waals surface area contributed by atoms with Crippen LogP contribution < -0.4 is 0 Å². The van der Waals surface area contributed by atoms with Crippen LogP contribution in [0.1, 0.15) is 21.7 Å². The molecule has 4 heteroatoms. The van der Waals surface area contributed by atoms with Crippen LogP contribution in [0.15, 0.2) is 60.7 Å². The SMILES string of the molecule is O=C(O)c1n[nH]c(Cc2ccccc2)c1-c1ccccc1. The normalized spacial score (nSPS) is 10.5. The molecule has 0 unspecified atom stereocenters. The van der Waals surface area contributed by atoms with Gasteiger partial charge in [0.05, 0.1) is 0 Å². The van der Waals surface area contributed by atoms with Crippen LogP contribution in [0.25, 0.3) is 11.1 Å². The van der Waals surface area contributed by atoms with Crippen molar-refractivity contribution < 1.29 is 9.90 Å². The molecule has 0 aliphatic carbocycles. The van der Waals surface area contributed by atoms with E-state index < -0.39 is 5.97 Å². The number of nitrogens with one attached hydrogen (secondary N) is 1. The van der Waals surface area contributed by atoms with Crippen molar-refractivity contribution in [1.29, 1.82) is 0 Å². The monoisotopic (exact) mass is 278 g/mol.